The van der Waals surface area contributed by atoms with E-state index in [0.717, 1.165) is 0 Å². The lowest BCUT2D eigenvalue weighted by Gasteiger charge is -2.16. The number of carboxylic acids is 1. The average molecular weight is 348 g/mol. The number of hydrogen-bond donors (Lipinski definition) is 2. The fourth-order valence-corrected chi connectivity index (χ4v) is 2.21. The number of rotatable bonds is 6. The normalized spacial score (nSPS) is 13.5. The van der Waals surface area contributed by atoms with Crippen LogP contribution in [0.15, 0.2) is 24.3 Å². The number of carboxylic acid groups (broad SMARTS) is 1. The van der Waals surface area contributed by atoms with Crippen LogP contribution in [0.4, 0.5) is 4.39 Å². The van der Waals surface area contributed by atoms with E-state index in [1.54, 1.807) is 25.1 Å². The summed E-state index contributed by atoms with van der Waals surface area (Å²) in [5.74, 6) is -2.64. The van der Waals surface area contributed by atoms with Crippen molar-refractivity contribution in [3.63, 3.8) is 0 Å². The van der Waals surface area contributed by atoms with Gasteiger partial charge in [-0.05, 0) is 26.0 Å². The third-order valence-electron chi connectivity index (χ3n) is 3.93. The fraction of sp³-hybridized carbons (Fsp3) is 0.412. The zero-order chi connectivity index (χ0) is 18.7. The molecular weight excluding hydrogens is 327 g/mol. The minimum Gasteiger partial charge on any atom is -0.481 e. The molecule has 0 aliphatic heterocycles. The second-order valence-electron chi connectivity index (χ2n) is 6.20. The number of benzene rings is 1. The fourth-order valence-electron chi connectivity index (χ4n) is 2.21. The van der Waals surface area contributed by atoms with E-state index in [1.807, 2.05) is 13.8 Å². The molecule has 0 saturated heterocycles. The number of aliphatic carboxylic acids is 1. The van der Waals surface area contributed by atoms with Gasteiger partial charge in [-0.3, -0.25) is 9.59 Å². The molecule has 1 heterocycles. The van der Waals surface area contributed by atoms with Gasteiger partial charge in [0.15, 0.2) is 0 Å². The quantitative estimate of drug-likeness (QED) is 0.835. The first-order chi connectivity index (χ1) is 11.7. The number of aromatic nitrogens is 3. The molecule has 134 valence electrons. The van der Waals surface area contributed by atoms with Crippen molar-refractivity contribution in [2.24, 2.45) is 5.92 Å². The Morgan fingerprint density at radius 3 is 2.40 bits per heavy atom. The number of para-hydroxylation sites is 1. The first-order valence-corrected chi connectivity index (χ1v) is 7.97. The molecule has 0 aliphatic rings. The second kappa shape index (κ2) is 7.42. The van der Waals surface area contributed by atoms with Crippen molar-refractivity contribution in [2.75, 3.05) is 0 Å². The standard InChI is InChI=1S/C17H21FN4O3/c1-9(2)15-20-14(16(23)19-11(4)10(3)17(24)25)21-22(15)13-8-6-5-7-12(13)18/h5-11H,1-4H3,(H,19,23)(H,24,25). The van der Waals surface area contributed by atoms with Gasteiger partial charge in [0, 0.05) is 12.0 Å². The smallest absolute Gasteiger partial charge is 0.308 e. The van der Waals surface area contributed by atoms with Crippen LogP contribution in [0.1, 0.15) is 50.1 Å². The Labute approximate surface area is 144 Å². The van der Waals surface area contributed by atoms with E-state index in [9.17, 15) is 14.0 Å². The zero-order valence-electron chi connectivity index (χ0n) is 14.5. The van der Waals surface area contributed by atoms with E-state index in [4.69, 9.17) is 5.11 Å². The predicted molar refractivity (Wildman–Crippen MR) is 89.1 cm³/mol. The molecule has 1 aromatic carbocycles. The van der Waals surface area contributed by atoms with Crippen LogP contribution in [-0.4, -0.2) is 37.8 Å². The topological polar surface area (TPSA) is 97.1 Å². The van der Waals surface area contributed by atoms with E-state index >= 15 is 0 Å². The summed E-state index contributed by atoms with van der Waals surface area (Å²) >= 11 is 0. The van der Waals surface area contributed by atoms with Crippen molar-refractivity contribution in [3.05, 3.63) is 41.7 Å². The molecule has 2 aromatic rings. The maximum Gasteiger partial charge on any atom is 0.308 e. The van der Waals surface area contributed by atoms with Gasteiger partial charge in [-0.2, -0.15) is 0 Å². The molecular formula is C17H21FN4O3. The zero-order valence-corrected chi connectivity index (χ0v) is 14.5. The van der Waals surface area contributed by atoms with Crippen molar-refractivity contribution >= 4 is 11.9 Å². The minimum absolute atomic E-state index is 0.0935. The van der Waals surface area contributed by atoms with Crippen LogP contribution in [0.2, 0.25) is 0 Å². The van der Waals surface area contributed by atoms with Gasteiger partial charge in [-0.25, -0.2) is 14.1 Å². The summed E-state index contributed by atoms with van der Waals surface area (Å²) in [5, 5.41) is 15.7. The van der Waals surface area contributed by atoms with E-state index in [2.05, 4.69) is 15.4 Å². The Kier molecular flexibility index (Phi) is 5.51. The maximum absolute atomic E-state index is 14.1. The highest BCUT2D eigenvalue weighted by Crippen LogP contribution is 2.19. The minimum atomic E-state index is -1.01. The molecule has 7 nitrogen and oxygen atoms in total. The number of carbonyl (C=O) groups is 2. The SMILES string of the molecule is CC(C)c1nc(C(=O)NC(C)C(C)C(=O)O)nn1-c1ccccc1F. The van der Waals surface area contributed by atoms with Gasteiger partial charge >= 0.3 is 5.97 Å². The van der Waals surface area contributed by atoms with Crippen LogP contribution in [0, 0.1) is 11.7 Å². The largest absolute Gasteiger partial charge is 0.481 e. The van der Waals surface area contributed by atoms with Crippen molar-refractivity contribution < 1.29 is 19.1 Å². The highest BCUT2D eigenvalue weighted by atomic mass is 19.1. The van der Waals surface area contributed by atoms with Gasteiger partial charge in [0.1, 0.15) is 17.3 Å². The molecule has 0 saturated carbocycles. The van der Waals surface area contributed by atoms with Crippen LogP contribution in [0.3, 0.4) is 0 Å². The molecule has 2 atom stereocenters. The Bertz CT molecular complexity index is 788. The lowest BCUT2D eigenvalue weighted by Crippen LogP contribution is -2.40. The highest BCUT2D eigenvalue weighted by Gasteiger charge is 2.25. The van der Waals surface area contributed by atoms with E-state index in [-0.39, 0.29) is 17.4 Å². The lowest BCUT2D eigenvalue weighted by atomic mass is 10.0. The van der Waals surface area contributed by atoms with Gasteiger partial charge in [0.25, 0.3) is 5.91 Å². The van der Waals surface area contributed by atoms with Crippen LogP contribution >= 0.6 is 0 Å². The highest BCUT2D eigenvalue weighted by molar-refractivity contribution is 5.91. The molecule has 2 rings (SSSR count). The molecule has 0 bridgehead atoms. The van der Waals surface area contributed by atoms with Crippen molar-refractivity contribution in [3.8, 4) is 5.69 Å². The summed E-state index contributed by atoms with van der Waals surface area (Å²) in [4.78, 5) is 27.6. The molecule has 0 radical (unpaired) electrons. The number of amides is 1. The van der Waals surface area contributed by atoms with Crippen LogP contribution in [0.25, 0.3) is 5.69 Å². The summed E-state index contributed by atoms with van der Waals surface area (Å²) < 4.78 is 15.4. The third-order valence-corrected chi connectivity index (χ3v) is 3.93. The third kappa shape index (κ3) is 4.01. The Balaban J connectivity index is 2.34. The summed E-state index contributed by atoms with van der Waals surface area (Å²) in [7, 11) is 0. The van der Waals surface area contributed by atoms with Gasteiger partial charge in [-0.15, -0.1) is 5.10 Å². The van der Waals surface area contributed by atoms with E-state index in [0.29, 0.717) is 5.82 Å². The van der Waals surface area contributed by atoms with Crippen LogP contribution in [-0.2, 0) is 4.79 Å². The molecule has 0 fully saturated rings. The molecule has 0 aliphatic carbocycles. The van der Waals surface area contributed by atoms with Crippen molar-refractivity contribution in [1.29, 1.82) is 0 Å². The summed E-state index contributed by atoms with van der Waals surface area (Å²) in [6.07, 6.45) is 0. The molecule has 2 N–H and O–H groups in total. The number of hydrogen-bond acceptors (Lipinski definition) is 4. The Morgan fingerprint density at radius 1 is 1.20 bits per heavy atom. The Hall–Kier alpha value is -2.77. The van der Waals surface area contributed by atoms with Crippen molar-refractivity contribution in [2.45, 2.75) is 39.7 Å². The molecule has 8 heteroatoms. The lowest BCUT2D eigenvalue weighted by molar-refractivity contribution is -0.141. The van der Waals surface area contributed by atoms with Crippen molar-refractivity contribution in [1.82, 2.24) is 20.1 Å². The number of carbonyl (C=O) groups excluding carboxylic acids is 1. The Morgan fingerprint density at radius 2 is 1.84 bits per heavy atom. The molecule has 1 aromatic heterocycles. The van der Waals surface area contributed by atoms with Gasteiger partial charge < -0.3 is 10.4 Å². The first-order valence-electron chi connectivity index (χ1n) is 7.97. The molecule has 2 unspecified atom stereocenters. The van der Waals surface area contributed by atoms with Gasteiger partial charge in [0.05, 0.1) is 5.92 Å². The van der Waals surface area contributed by atoms with Crippen LogP contribution < -0.4 is 5.32 Å². The predicted octanol–water partition coefficient (Wildman–Crippen LogP) is 2.37. The maximum atomic E-state index is 14.1. The van der Waals surface area contributed by atoms with Gasteiger partial charge in [0.2, 0.25) is 5.82 Å². The average Bonchev–Trinajstić information content (AvgIpc) is 2.99. The summed E-state index contributed by atoms with van der Waals surface area (Å²) in [6, 6.07) is 5.48. The molecule has 25 heavy (non-hydrogen) atoms. The van der Waals surface area contributed by atoms with E-state index < -0.39 is 29.7 Å². The molecule has 1 amide bonds. The summed E-state index contributed by atoms with van der Waals surface area (Å²) in [5.41, 5.74) is 0.199. The number of nitrogens with one attached hydrogen (secondary N) is 1. The van der Waals surface area contributed by atoms with Crippen LogP contribution in [0.5, 0.6) is 0 Å². The first kappa shape index (κ1) is 18.6. The second-order valence-corrected chi connectivity index (χ2v) is 6.20. The summed E-state index contributed by atoms with van der Waals surface area (Å²) in [6.45, 7) is 6.81. The monoisotopic (exact) mass is 348 g/mol. The number of halogens is 1. The van der Waals surface area contributed by atoms with E-state index in [1.165, 1.54) is 17.7 Å². The number of nitrogens with zero attached hydrogens (tertiary/aromatic N) is 3. The molecule has 0 spiro atoms. The van der Waals surface area contributed by atoms with Gasteiger partial charge in [-0.1, -0.05) is 26.0 Å².